The second-order valence-corrected chi connectivity index (χ2v) is 16.2. The lowest BCUT2D eigenvalue weighted by molar-refractivity contribution is -0.395. The Kier molecular flexibility index (Phi) is 16.5. The van der Waals surface area contributed by atoms with Crippen LogP contribution in [0.2, 0.25) is 0 Å². The molecule has 0 spiro atoms. The van der Waals surface area contributed by atoms with Crippen LogP contribution in [-0.2, 0) is 38.0 Å². The Morgan fingerprint density at radius 3 is 2.08 bits per heavy atom. The van der Waals surface area contributed by atoms with Crippen molar-refractivity contribution in [3.8, 4) is 0 Å². The van der Waals surface area contributed by atoms with Crippen LogP contribution in [0.4, 0.5) is 0 Å². The van der Waals surface area contributed by atoms with E-state index in [1.807, 2.05) is 41.5 Å². The summed E-state index contributed by atoms with van der Waals surface area (Å²) in [4.78, 5) is 12.2. The summed E-state index contributed by atoms with van der Waals surface area (Å²) in [6.45, 7) is 40.7. The highest BCUT2D eigenvalue weighted by molar-refractivity contribution is 5.66. The smallest absolute Gasteiger partial charge is 0.303 e. The molecule has 0 saturated carbocycles. The maximum atomic E-state index is 12.2. The average Bonchev–Trinajstić information content (AvgIpc) is 3.05. The van der Waals surface area contributed by atoms with Gasteiger partial charge in [0, 0.05) is 24.7 Å². The van der Waals surface area contributed by atoms with Crippen molar-refractivity contribution in [3.05, 3.63) is 48.8 Å². The number of hydrogen-bond acceptors (Lipinski definition) is 9. The molecule has 0 aromatic carbocycles. The molecule has 13 atom stereocenters. The Balaban J connectivity index is 2.23. The van der Waals surface area contributed by atoms with E-state index in [1.54, 1.807) is 26.2 Å². The molecule has 1 saturated heterocycles. The predicted octanol–water partition coefficient (Wildman–Crippen LogP) is 9.24. The Hall–Kier alpha value is -2.01. The number of aliphatic hydroxyl groups is 1. The molecule has 52 heavy (non-hydrogen) atoms. The molecule has 2 aliphatic heterocycles. The minimum atomic E-state index is -1.42. The van der Waals surface area contributed by atoms with Gasteiger partial charge < -0.3 is 38.3 Å². The van der Waals surface area contributed by atoms with Crippen molar-refractivity contribution >= 4 is 5.97 Å². The van der Waals surface area contributed by atoms with Crippen molar-refractivity contribution in [2.75, 3.05) is 7.11 Å². The highest BCUT2D eigenvalue weighted by Gasteiger charge is 2.53. The fourth-order valence-electron chi connectivity index (χ4n) is 8.11. The molecule has 1 unspecified atom stereocenters. The van der Waals surface area contributed by atoms with Crippen LogP contribution in [0, 0.1) is 23.7 Å². The van der Waals surface area contributed by atoms with E-state index in [9.17, 15) is 9.90 Å². The molecule has 1 fully saturated rings. The van der Waals surface area contributed by atoms with Crippen LogP contribution in [0.1, 0.15) is 129 Å². The molecule has 9 heteroatoms. The molecule has 2 rings (SSSR count). The molecule has 1 N–H and O–H groups in total. The normalized spacial score (nSPS) is 32.1. The molecular weight excluding hydrogens is 660 g/mol. The number of esters is 1. The van der Waals surface area contributed by atoms with E-state index in [0.29, 0.717) is 19.3 Å². The molecule has 0 aromatic heterocycles. The highest BCUT2D eigenvalue weighted by Crippen LogP contribution is 2.43. The molecule has 0 aromatic rings. The van der Waals surface area contributed by atoms with Gasteiger partial charge in [-0.3, -0.25) is 4.79 Å². The summed E-state index contributed by atoms with van der Waals surface area (Å²) in [7, 11) is 1.65. The van der Waals surface area contributed by atoms with Gasteiger partial charge in [0.2, 0.25) is 5.79 Å². The zero-order valence-electron chi connectivity index (χ0n) is 35.3. The van der Waals surface area contributed by atoms with Gasteiger partial charge in [-0.25, -0.2) is 0 Å². The van der Waals surface area contributed by atoms with Gasteiger partial charge in [-0.1, -0.05) is 65.5 Å². The topological polar surface area (TPSA) is 102 Å². The van der Waals surface area contributed by atoms with E-state index in [2.05, 4.69) is 61.3 Å². The Morgan fingerprint density at radius 2 is 1.58 bits per heavy atom. The third-order valence-corrected chi connectivity index (χ3v) is 12.0. The van der Waals surface area contributed by atoms with E-state index < -0.39 is 34.8 Å². The summed E-state index contributed by atoms with van der Waals surface area (Å²) in [5, 5.41) is 11.0. The second kappa shape index (κ2) is 18.5. The van der Waals surface area contributed by atoms with E-state index in [4.69, 9.17) is 33.2 Å². The highest BCUT2D eigenvalue weighted by atomic mass is 16.8. The van der Waals surface area contributed by atoms with Crippen LogP contribution in [0.15, 0.2) is 48.8 Å². The Bertz CT molecular complexity index is 1260. The molecule has 300 valence electrons. The molecule has 9 nitrogen and oxygen atoms in total. The van der Waals surface area contributed by atoms with Gasteiger partial charge in [-0.2, -0.15) is 0 Å². The lowest BCUT2D eigenvalue weighted by Gasteiger charge is -2.51. The third kappa shape index (κ3) is 11.0. The van der Waals surface area contributed by atoms with Crippen LogP contribution in [-0.4, -0.2) is 77.6 Å². The summed E-state index contributed by atoms with van der Waals surface area (Å²) in [6.07, 6.45) is 5.08. The SMILES string of the molecule is C=C(C(C)C(=C)[C@H](CC)[C@H](C)O[C@@]1(C)C=C[C@@H](OC(C)=O)[C@@](C)(OC(C)(C)[C@H]2CC[C@](O)(CC)[C@H](C)O2)O1)[C@H](C)[C@@H](C)O[C@H](C)[C@@H](CC)C(=C)OC. The fourth-order valence-corrected chi connectivity index (χ4v) is 8.11. The van der Waals surface area contributed by atoms with Crippen LogP contribution < -0.4 is 0 Å². The molecule has 2 aliphatic rings. The first-order valence-electron chi connectivity index (χ1n) is 19.5. The van der Waals surface area contributed by atoms with Gasteiger partial charge in [0.15, 0.2) is 11.9 Å². The zero-order chi connectivity index (χ0) is 40.0. The Morgan fingerprint density at radius 1 is 0.981 bits per heavy atom. The molecule has 0 radical (unpaired) electrons. The minimum absolute atomic E-state index is 0.00452. The maximum absolute atomic E-state index is 12.2. The molecule has 0 bridgehead atoms. The summed E-state index contributed by atoms with van der Waals surface area (Å²) < 4.78 is 44.2. The third-order valence-electron chi connectivity index (χ3n) is 12.0. The lowest BCUT2D eigenvalue weighted by atomic mass is 9.77. The standard InChI is InChI=1S/C43H74O9/c1-19-36(29(7)27(5)26(4)28(6)30(8)47-32(10)37(20-2)31(9)46-18)33(11)50-41(16)24-22-39(49-35(13)44)42(17,52-41)51-40(14,15)38-23-25-43(45,21-3)34(12)48-38/h22,24,27-28,30,32-34,36-39,45H,4,7,9,19-21,23,25H2,1-3,5-6,8,10-18H3/t27?,28-,30+,32+,33-,34-,36-,37-,38+,39+,41+,42-,43+/m0/s1. The minimum Gasteiger partial charge on any atom is -0.501 e. The quantitative estimate of drug-likeness (QED) is 0.0745. The molecule has 2 heterocycles. The van der Waals surface area contributed by atoms with E-state index in [1.165, 1.54) is 6.92 Å². The first-order valence-corrected chi connectivity index (χ1v) is 19.5. The van der Waals surface area contributed by atoms with Crippen molar-refractivity contribution < 1.29 is 43.1 Å². The van der Waals surface area contributed by atoms with Gasteiger partial charge in [-0.15, -0.1) is 0 Å². The predicted molar refractivity (Wildman–Crippen MR) is 207 cm³/mol. The van der Waals surface area contributed by atoms with Gasteiger partial charge in [0.05, 0.1) is 54.6 Å². The van der Waals surface area contributed by atoms with Crippen molar-refractivity contribution in [1.29, 1.82) is 0 Å². The van der Waals surface area contributed by atoms with Crippen LogP contribution in [0.3, 0.4) is 0 Å². The monoisotopic (exact) mass is 735 g/mol. The summed E-state index contributed by atoms with van der Waals surface area (Å²) in [5.41, 5.74) is 0.337. The van der Waals surface area contributed by atoms with E-state index >= 15 is 0 Å². The van der Waals surface area contributed by atoms with Gasteiger partial charge in [-0.05, 0) is 106 Å². The summed E-state index contributed by atoms with van der Waals surface area (Å²) in [5.74, 6) is -2.18. The molecule has 0 amide bonds. The number of carbonyl (C=O) groups excluding carboxylic acids is 1. The summed E-state index contributed by atoms with van der Waals surface area (Å²) >= 11 is 0. The second-order valence-electron chi connectivity index (χ2n) is 16.2. The van der Waals surface area contributed by atoms with Crippen LogP contribution >= 0.6 is 0 Å². The first kappa shape index (κ1) is 46.1. The first-order chi connectivity index (χ1) is 23.9. The van der Waals surface area contributed by atoms with Gasteiger partial charge in [0.1, 0.15) is 0 Å². The maximum Gasteiger partial charge on any atom is 0.303 e. The van der Waals surface area contributed by atoms with Crippen LogP contribution in [0.5, 0.6) is 0 Å². The van der Waals surface area contributed by atoms with Crippen LogP contribution in [0.25, 0.3) is 0 Å². The largest absolute Gasteiger partial charge is 0.501 e. The number of rotatable bonds is 20. The van der Waals surface area contributed by atoms with Gasteiger partial charge in [0.25, 0.3) is 0 Å². The average molecular weight is 735 g/mol. The molecule has 0 aliphatic carbocycles. The van der Waals surface area contributed by atoms with E-state index in [-0.39, 0.29) is 54.2 Å². The fraction of sp³-hybridized carbons (Fsp3) is 0.791. The molecular formula is C43H74O9. The van der Waals surface area contributed by atoms with Crippen molar-refractivity contribution in [2.45, 2.75) is 188 Å². The van der Waals surface area contributed by atoms with Crippen molar-refractivity contribution in [3.63, 3.8) is 0 Å². The number of hydrogen-bond donors (Lipinski definition) is 1. The zero-order valence-corrected chi connectivity index (χ0v) is 35.3. The van der Waals surface area contributed by atoms with Gasteiger partial charge >= 0.3 is 5.97 Å². The lowest BCUT2D eigenvalue weighted by Crippen LogP contribution is -2.61. The number of carbonyl (C=O) groups is 1. The van der Waals surface area contributed by atoms with Crippen molar-refractivity contribution in [1.82, 2.24) is 0 Å². The number of methoxy groups -OCH3 is 1. The van der Waals surface area contributed by atoms with Crippen molar-refractivity contribution in [2.24, 2.45) is 23.7 Å². The number of ether oxygens (including phenoxy) is 7. The van der Waals surface area contributed by atoms with E-state index in [0.717, 1.165) is 29.7 Å². The summed E-state index contributed by atoms with van der Waals surface area (Å²) in [6, 6.07) is 0. The Labute approximate surface area is 316 Å².